The van der Waals surface area contributed by atoms with E-state index >= 15 is 0 Å². The van der Waals surface area contributed by atoms with E-state index in [1.165, 1.54) is 0 Å². The van der Waals surface area contributed by atoms with Crippen LogP contribution in [0.3, 0.4) is 0 Å². The number of benzene rings is 1. The average Bonchev–Trinajstić information content (AvgIpc) is 2.29. The molecule has 0 radical (unpaired) electrons. The van der Waals surface area contributed by atoms with Gasteiger partial charge in [-0.3, -0.25) is 9.69 Å². The smallest absolute Gasteiger partial charge is 0.234 e. The van der Waals surface area contributed by atoms with E-state index in [0.717, 1.165) is 5.56 Å². The number of hydrogen-bond acceptors (Lipinski definition) is 3. The van der Waals surface area contributed by atoms with E-state index in [2.05, 4.69) is 11.4 Å². The summed E-state index contributed by atoms with van der Waals surface area (Å²) in [6.45, 7) is 3.47. The average molecular weight is 231 g/mol. The number of carbonyl (C=O) groups excluding carboxylic acids is 1. The monoisotopic (exact) mass is 231 g/mol. The lowest BCUT2D eigenvalue weighted by molar-refractivity contribution is -0.121. The first kappa shape index (κ1) is 13.2. The highest BCUT2D eigenvalue weighted by Gasteiger charge is 2.08. The number of nitrogens with zero attached hydrogens (tertiary/aromatic N) is 2. The molecule has 1 rings (SSSR count). The summed E-state index contributed by atoms with van der Waals surface area (Å²) in [5, 5.41) is 11.7. The molecule has 4 nitrogen and oxygen atoms in total. The minimum Gasteiger partial charge on any atom is -0.355 e. The van der Waals surface area contributed by atoms with Crippen molar-refractivity contribution in [2.45, 2.75) is 13.5 Å². The fraction of sp³-hybridized carbons (Fsp3) is 0.385. The molecule has 0 heterocycles. The van der Waals surface area contributed by atoms with Gasteiger partial charge in [0, 0.05) is 13.1 Å². The quantitative estimate of drug-likeness (QED) is 0.826. The van der Waals surface area contributed by atoms with Crippen molar-refractivity contribution in [2.24, 2.45) is 0 Å². The van der Waals surface area contributed by atoms with E-state index in [-0.39, 0.29) is 5.91 Å². The predicted molar refractivity (Wildman–Crippen MR) is 66.2 cm³/mol. The largest absolute Gasteiger partial charge is 0.355 e. The van der Waals surface area contributed by atoms with Crippen LogP contribution in [0, 0.1) is 11.3 Å². The van der Waals surface area contributed by atoms with Crippen LogP contribution >= 0.6 is 0 Å². The van der Waals surface area contributed by atoms with E-state index in [4.69, 9.17) is 5.26 Å². The lowest BCUT2D eigenvalue weighted by Crippen LogP contribution is -2.34. The molecule has 4 heteroatoms. The minimum absolute atomic E-state index is 0.00411. The second-order valence-corrected chi connectivity index (χ2v) is 3.89. The lowest BCUT2D eigenvalue weighted by Gasteiger charge is -2.16. The van der Waals surface area contributed by atoms with Crippen molar-refractivity contribution < 1.29 is 4.79 Å². The Hall–Kier alpha value is -1.86. The number of likely N-dealkylation sites (N-methyl/N-ethyl adjacent to an activating group) is 2. The first-order valence-electron chi connectivity index (χ1n) is 5.60. The van der Waals surface area contributed by atoms with Gasteiger partial charge in [0.15, 0.2) is 0 Å². The first-order chi connectivity index (χ1) is 8.17. The third-order valence-corrected chi connectivity index (χ3v) is 2.37. The Bertz CT molecular complexity index is 423. The number of nitriles is 1. The first-order valence-corrected chi connectivity index (χ1v) is 5.60. The van der Waals surface area contributed by atoms with Gasteiger partial charge in [-0.25, -0.2) is 0 Å². The van der Waals surface area contributed by atoms with Crippen LogP contribution in [0.15, 0.2) is 24.3 Å². The highest BCUT2D eigenvalue weighted by atomic mass is 16.1. The van der Waals surface area contributed by atoms with Gasteiger partial charge in [0.1, 0.15) is 0 Å². The van der Waals surface area contributed by atoms with Crippen molar-refractivity contribution in [3.63, 3.8) is 0 Å². The molecule has 0 saturated heterocycles. The van der Waals surface area contributed by atoms with Crippen LogP contribution in [-0.2, 0) is 11.3 Å². The number of amides is 1. The fourth-order valence-electron chi connectivity index (χ4n) is 1.61. The van der Waals surface area contributed by atoms with E-state index < -0.39 is 0 Å². The molecule has 1 amide bonds. The summed E-state index contributed by atoms with van der Waals surface area (Å²) in [4.78, 5) is 13.3. The van der Waals surface area contributed by atoms with Crippen LogP contribution in [0.5, 0.6) is 0 Å². The third kappa shape index (κ3) is 4.25. The molecule has 0 bridgehead atoms. The molecule has 1 aromatic rings. The normalized spacial score (nSPS) is 10.0. The number of nitrogens with one attached hydrogen (secondary N) is 1. The summed E-state index contributed by atoms with van der Waals surface area (Å²) in [5.74, 6) is 0.00411. The Morgan fingerprint density at radius 2 is 2.18 bits per heavy atom. The van der Waals surface area contributed by atoms with Gasteiger partial charge in [-0.1, -0.05) is 18.2 Å². The topological polar surface area (TPSA) is 56.1 Å². The van der Waals surface area contributed by atoms with E-state index in [1.54, 1.807) is 6.07 Å². The Labute approximate surface area is 102 Å². The standard InChI is InChI=1S/C13H17N3O/c1-3-15-13(17)10-16(2)9-12-7-5-4-6-11(12)8-14/h4-7H,3,9-10H2,1-2H3,(H,15,17). The van der Waals surface area contributed by atoms with Crippen molar-refractivity contribution in [3.8, 4) is 6.07 Å². The van der Waals surface area contributed by atoms with Crippen molar-refractivity contribution >= 4 is 5.91 Å². The summed E-state index contributed by atoms with van der Waals surface area (Å²) in [6.07, 6.45) is 0. The molecule has 0 saturated carbocycles. The Balaban J connectivity index is 2.59. The van der Waals surface area contributed by atoms with Gasteiger partial charge < -0.3 is 5.32 Å². The SMILES string of the molecule is CCNC(=O)CN(C)Cc1ccccc1C#N. The van der Waals surface area contributed by atoms with Gasteiger partial charge >= 0.3 is 0 Å². The van der Waals surface area contributed by atoms with E-state index in [9.17, 15) is 4.79 Å². The molecule has 0 aliphatic heterocycles. The van der Waals surface area contributed by atoms with Gasteiger partial charge in [0.05, 0.1) is 18.2 Å². The molecule has 0 aliphatic rings. The molecule has 1 aromatic carbocycles. The number of rotatable bonds is 5. The molecule has 1 N–H and O–H groups in total. The van der Waals surface area contributed by atoms with Crippen LogP contribution in [0.4, 0.5) is 0 Å². The van der Waals surface area contributed by atoms with Crippen molar-refractivity contribution in [2.75, 3.05) is 20.1 Å². The predicted octanol–water partition coefficient (Wildman–Crippen LogP) is 1.13. The molecule has 90 valence electrons. The second kappa shape index (κ2) is 6.66. The zero-order valence-corrected chi connectivity index (χ0v) is 10.2. The number of hydrogen-bond donors (Lipinski definition) is 1. The Morgan fingerprint density at radius 1 is 1.47 bits per heavy atom. The maximum atomic E-state index is 11.4. The molecule has 0 spiro atoms. The molecular formula is C13H17N3O. The Kier molecular flexibility index (Phi) is 5.18. The molecule has 0 unspecified atom stereocenters. The van der Waals surface area contributed by atoms with Crippen LogP contribution in [0.1, 0.15) is 18.1 Å². The summed E-state index contributed by atoms with van der Waals surface area (Å²) in [5.41, 5.74) is 1.61. The van der Waals surface area contributed by atoms with Crippen LogP contribution in [0.2, 0.25) is 0 Å². The highest BCUT2D eigenvalue weighted by molar-refractivity contribution is 5.77. The van der Waals surface area contributed by atoms with Gasteiger partial charge in [-0.05, 0) is 25.6 Å². The van der Waals surface area contributed by atoms with Gasteiger partial charge in [-0.15, -0.1) is 0 Å². The fourth-order valence-corrected chi connectivity index (χ4v) is 1.61. The van der Waals surface area contributed by atoms with Gasteiger partial charge in [0.2, 0.25) is 5.91 Å². The third-order valence-electron chi connectivity index (χ3n) is 2.37. The summed E-state index contributed by atoms with van der Waals surface area (Å²) in [7, 11) is 1.86. The molecule has 0 atom stereocenters. The molecule has 0 fully saturated rings. The van der Waals surface area contributed by atoms with Crippen LogP contribution < -0.4 is 5.32 Å². The molecule has 0 aliphatic carbocycles. The zero-order valence-electron chi connectivity index (χ0n) is 10.2. The van der Waals surface area contributed by atoms with Crippen molar-refractivity contribution in [1.29, 1.82) is 5.26 Å². The lowest BCUT2D eigenvalue weighted by atomic mass is 10.1. The van der Waals surface area contributed by atoms with Gasteiger partial charge in [0.25, 0.3) is 0 Å². The van der Waals surface area contributed by atoms with Crippen molar-refractivity contribution in [1.82, 2.24) is 10.2 Å². The van der Waals surface area contributed by atoms with Crippen molar-refractivity contribution in [3.05, 3.63) is 35.4 Å². The summed E-state index contributed by atoms with van der Waals surface area (Å²) < 4.78 is 0. The number of carbonyl (C=O) groups is 1. The maximum Gasteiger partial charge on any atom is 0.234 e. The molecular weight excluding hydrogens is 214 g/mol. The van der Waals surface area contributed by atoms with E-state index in [0.29, 0.717) is 25.2 Å². The molecule has 17 heavy (non-hydrogen) atoms. The zero-order chi connectivity index (χ0) is 12.7. The molecule has 0 aromatic heterocycles. The summed E-state index contributed by atoms with van der Waals surface area (Å²) >= 11 is 0. The summed E-state index contributed by atoms with van der Waals surface area (Å²) in [6, 6.07) is 9.59. The highest BCUT2D eigenvalue weighted by Crippen LogP contribution is 2.09. The maximum absolute atomic E-state index is 11.4. The van der Waals surface area contributed by atoms with E-state index in [1.807, 2.05) is 37.1 Å². The second-order valence-electron chi connectivity index (χ2n) is 3.89. The van der Waals surface area contributed by atoms with Crippen LogP contribution in [-0.4, -0.2) is 30.9 Å². The van der Waals surface area contributed by atoms with Crippen LogP contribution in [0.25, 0.3) is 0 Å². The minimum atomic E-state index is 0.00411. The Morgan fingerprint density at radius 3 is 2.82 bits per heavy atom. The van der Waals surface area contributed by atoms with Gasteiger partial charge in [-0.2, -0.15) is 5.26 Å².